The molecule has 2 aliphatic carbocycles. The lowest BCUT2D eigenvalue weighted by Gasteiger charge is -2.12. The molecule has 0 unspecified atom stereocenters. The molecule has 2 aliphatic rings. The van der Waals surface area contributed by atoms with E-state index < -0.39 is 0 Å². The normalized spacial score (nSPS) is 22.9. The van der Waals surface area contributed by atoms with Crippen molar-refractivity contribution >= 4 is 5.96 Å². The van der Waals surface area contributed by atoms with E-state index in [0.29, 0.717) is 5.96 Å². The first-order valence-corrected chi connectivity index (χ1v) is 5.85. The van der Waals surface area contributed by atoms with Gasteiger partial charge in [0, 0.05) is 13.1 Å². The van der Waals surface area contributed by atoms with Gasteiger partial charge in [-0.2, -0.15) is 0 Å². The zero-order valence-corrected chi connectivity index (χ0v) is 9.00. The molecule has 0 aromatic rings. The van der Waals surface area contributed by atoms with Crippen molar-refractivity contribution in [3.63, 3.8) is 0 Å². The van der Waals surface area contributed by atoms with Gasteiger partial charge < -0.3 is 11.1 Å². The topological polar surface area (TPSA) is 50.4 Å². The smallest absolute Gasteiger partial charge is 0.188 e. The molecule has 0 aromatic carbocycles. The molecule has 3 nitrogen and oxygen atoms in total. The van der Waals surface area contributed by atoms with Crippen LogP contribution in [-0.2, 0) is 0 Å². The van der Waals surface area contributed by atoms with E-state index in [2.05, 4.69) is 10.3 Å². The molecule has 2 saturated carbocycles. The highest BCUT2D eigenvalue weighted by Gasteiger charge is 2.40. The Hall–Kier alpha value is -0.730. The fourth-order valence-electron chi connectivity index (χ4n) is 2.17. The summed E-state index contributed by atoms with van der Waals surface area (Å²) >= 11 is 0. The molecule has 0 aliphatic heterocycles. The van der Waals surface area contributed by atoms with Gasteiger partial charge in [0.2, 0.25) is 0 Å². The molecule has 0 aromatic heterocycles. The second-order valence-corrected chi connectivity index (χ2v) is 4.59. The molecule has 3 heteroatoms. The van der Waals surface area contributed by atoms with Crippen LogP contribution in [0.2, 0.25) is 0 Å². The molecule has 3 N–H and O–H groups in total. The minimum absolute atomic E-state index is 0.624. The minimum atomic E-state index is 0.624. The summed E-state index contributed by atoms with van der Waals surface area (Å²) in [5.74, 6) is 3.41. The number of rotatable bonds is 5. The summed E-state index contributed by atoms with van der Waals surface area (Å²) in [5, 5.41) is 3.05. The Morgan fingerprint density at radius 2 is 1.93 bits per heavy atom. The van der Waals surface area contributed by atoms with E-state index in [1.54, 1.807) is 0 Å². The number of hydrogen-bond donors (Lipinski definition) is 2. The van der Waals surface area contributed by atoms with Gasteiger partial charge in [-0.3, -0.25) is 4.99 Å². The number of nitrogens with zero attached hydrogens (tertiary/aromatic N) is 1. The number of nitrogens with two attached hydrogens (primary N) is 1. The Balaban J connectivity index is 1.78. The van der Waals surface area contributed by atoms with Gasteiger partial charge in [-0.05, 0) is 50.4 Å². The summed E-state index contributed by atoms with van der Waals surface area (Å²) in [6.07, 6.45) is 5.71. The van der Waals surface area contributed by atoms with Crippen molar-refractivity contribution in [2.24, 2.45) is 28.5 Å². The highest BCUT2D eigenvalue weighted by atomic mass is 15.1. The fourth-order valence-corrected chi connectivity index (χ4v) is 2.17. The number of guanidine groups is 1. The van der Waals surface area contributed by atoms with Crippen molar-refractivity contribution in [1.82, 2.24) is 5.32 Å². The van der Waals surface area contributed by atoms with Gasteiger partial charge in [-0.15, -0.1) is 0 Å². The molecule has 0 radical (unpaired) electrons. The summed E-state index contributed by atoms with van der Waals surface area (Å²) in [7, 11) is 0. The Kier molecular flexibility index (Phi) is 2.94. The lowest BCUT2D eigenvalue weighted by Crippen LogP contribution is -2.32. The Labute approximate surface area is 86.2 Å². The van der Waals surface area contributed by atoms with Gasteiger partial charge >= 0.3 is 0 Å². The van der Waals surface area contributed by atoms with Crippen molar-refractivity contribution in [3.8, 4) is 0 Å². The summed E-state index contributed by atoms with van der Waals surface area (Å²) in [4.78, 5) is 4.42. The quantitative estimate of drug-likeness (QED) is 0.514. The van der Waals surface area contributed by atoms with Crippen molar-refractivity contribution in [2.45, 2.75) is 32.6 Å². The van der Waals surface area contributed by atoms with Crippen LogP contribution in [0.4, 0.5) is 0 Å². The van der Waals surface area contributed by atoms with Gasteiger partial charge in [-0.25, -0.2) is 0 Å². The maximum absolute atomic E-state index is 5.71. The van der Waals surface area contributed by atoms with Gasteiger partial charge in [0.05, 0.1) is 0 Å². The van der Waals surface area contributed by atoms with Crippen LogP contribution in [0.1, 0.15) is 32.6 Å². The summed E-state index contributed by atoms with van der Waals surface area (Å²) in [6.45, 7) is 3.86. The molecule has 0 amide bonds. The van der Waals surface area contributed by atoms with E-state index in [1.165, 1.54) is 25.7 Å². The molecular weight excluding hydrogens is 174 g/mol. The van der Waals surface area contributed by atoms with E-state index in [1.807, 2.05) is 6.92 Å². The molecule has 0 atom stereocenters. The third-order valence-corrected chi connectivity index (χ3v) is 3.29. The molecule has 0 saturated heterocycles. The Morgan fingerprint density at radius 1 is 1.36 bits per heavy atom. The molecule has 2 fully saturated rings. The maximum atomic E-state index is 5.71. The van der Waals surface area contributed by atoms with Crippen molar-refractivity contribution < 1.29 is 0 Å². The SMILES string of the molecule is CCNC(N)=NCC(C1CC1)C1CC1. The monoisotopic (exact) mass is 195 g/mol. The largest absolute Gasteiger partial charge is 0.370 e. The average Bonchev–Trinajstić information content (AvgIpc) is 3.01. The van der Waals surface area contributed by atoms with E-state index in [9.17, 15) is 0 Å². The first-order chi connectivity index (χ1) is 6.81. The van der Waals surface area contributed by atoms with Crippen molar-refractivity contribution in [1.29, 1.82) is 0 Å². The van der Waals surface area contributed by atoms with Crippen LogP contribution in [0.25, 0.3) is 0 Å². The number of nitrogens with one attached hydrogen (secondary N) is 1. The van der Waals surface area contributed by atoms with Crippen LogP contribution in [0.5, 0.6) is 0 Å². The van der Waals surface area contributed by atoms with Gasteiger partial charge in [0.25, 0.3) is 0 Å². The molecule has 14 heavy (non-hydrogen) atoms. The third-order valence-electron chi connectivity index (χ3n) is 3.29. The van der Waals surface area contributed by atoms with Crippen molar-refractivity contribution in [3.05, 3.63) is 0 Å². The standard InChI is InChI=1S/C11H21N3/c1-2-13-11(12)14-7-10(8-3-4-8)9-5-6-9/h8-10H,2-7H2,1H3,(H3,12,13,14). The van der Waals surface area contributed by atoms with Crippen LogP contribution >= 0.6 is 0 Å². The predicted octanol–water partition coefficient (Wildman–Crippen LogP) is 1.35. The summed E-state index contributed by atoms with van der Waals surface area (Å²) in [5.41, 5.74) is 5.71. The molecule has 0 heterocycles. The van der Waals surface area contributed by atoms with Gasteiger partial charge in [-0.1, -0.05) is 0 Å². The second-order valence-electron chi connectivity index (χ2n) is 4.59. The third kappa shape index (κ3) is 2.63. The van der Waals surface area contributed by atoms with Gasteiger partial charge in [0.1, 0.15) is 0 Å². The van der Waals surface area contributed by atoms with Crippen LogP contribution in [0.3, 0.4) is 0 Å². The predicted molar refractivity (Wildman–Crippen MR) is 59.1 cm³/mol. The molecule has 80 valence electrons. The maximum Gasteiger partial charge on any atom is 0.188 e. The van der Waals surface area contributed by atoms with E-state index >= 15 is 0 Å². The lowest BCUT2D eigenvalue weighted by atomic mass is 9.98. The minimum Gasteiger partial charge on any atom is -0.370 e. The second kappa shape index (κ2) is 4.20. The van der Waals surface area contributed by atoms with Crippen LogP contribution < -0.4 is 11.1 Å². The van der Waals surface area contributed by atoms with Crippen LogP contribution in [-0.4, -0.2) is 19.0 Å². The van der Waals surface area contributed by atoms with Gasteiger partial charge in [0.15, 0.2) is 5.96 Å². The van der Waals surface area contributed by atoms with E-state index in [4.69, 9.17) is 5.73 Å². The van der Waals surface area contributed by atoms with E-state index in [-0.39, 0.29) is 0 Å². The Bertz CT molecular complexity index is 205. The van der Waals surface area contributed by atoms with Crippen LogP contribution in [0, 0.1) is 17.8 Å². The highest BCUT2D eigenvalue weighted by Crippen LogP contribution is 2.49. The molecule has 0 spiro atoms. The fraction of sp³-hybridized carbons (Fsp3) is 0.909. The Morgan fingerprint density at radius 3 is 2.36 bits per heavy atom. The van der Waals surface area contributed by atoms with Crippen LogP contribution in [0.15, 0.2) is 4.99 Å². The highest BCUT2D eigenvalue weighted by molar-refractivity contribution is 5.77. The molecular formula is C11H21N3. The molecule has 2 rings (SSSR count). The average molecular weight is 195 g/mol. The zero-order valence-electron chi connectivity index (χ0n) is 9.00. The number of aliphatic imine (C=N–C) groups is 1. The van der Waals surface area contributed by atoms with E-state index in [0.717, 1.165) is 30.8 Å². The molecule has 0 bridgehead atoms. The summed E-state index contributed by atoms with van der Waals surface area (Å²) in [6, 6.07) is 0. The summed E-state index contributed by atoms with van der Waals surface area (Å²) < 4.78 is 0. The first kappa shape index (κ1) is 9.81. The number of hydrogen-bond acceptors (Lipinski definition) is 1. The van der Waals surface area contributed by atoms with Crippen molar-refractivity contribution in [2.75, 3.05) is 13.1 Å². The first-order valence-electron chi connectivity index (χ1n) is 5.85. The lowest BCUT2D eigenvalue weighted by molar-refractivity contribution is 0.417. The zero-order chi connectivity index (χ0) is 9.97.